The molecule has 2 rings (SSSR count). The van der Waals surface area contributed by atoms with Crippen molar-refractivity contribution in [1.82, 2.24) is 10.2 Å². The van der Waals surface area contributed by atoms with Crippen LogP contribution in [-0.2, 0) is 16.0 Å². The predicted octanol–water partition coefficient (Wildman–Crippen LogP) is 2.29. The number of nitrogens with zero attached hydrogens (tertiary/aromatic N) is 1. The lowest BCUT2D eigenvalue weighted by Gasteiger charge is -2.31. The predicted molar refractivity (Wildman–Crippen MR) is 82.7 cm³/mol. The lowest BCUT2D eigenvalue weighted by atomic mass is 9.96. The van der Waals surface area contributed by atoms with E-state index in [0.717, 1.165) is 12.0 Å². The SMILES string of the molecule is CCc1ccc(C(CN2C(=O)CC(C)CC2=O)NC)cc1. The van der Waals surface area contributed by atoms with E-state index in [1.54, 1.807) is 0 Å². The summed E-state index contributed by atoms with van der Waals surface area (Å²) in [6.45, 7) is 4.48. The van der Waals surface area contributed by atoms with Gasteiger partial charge in [-0.15, -0.1) is 0 Å². The number of benzene rings is 1. The van der Waals surface area contributed by atoms with Gasteiger partial charge in [0, 0.05) is 19.4 Å². The molecule has 4 nitrogen and oxygen atoms in total. The molecule has 0 saturated carbocycles. The van der Waals surface area contributed by atoms with Crippen molar-refractivity contribution in [3.63, 3.8) is 0 Å². The van der Waals surface area contributed by atoms with E-state index in [1.807, 2.05) is 14.0 Å². The van der Waals surface area contributed by atoms with E-state index >= 15 is 0 Å². The van der Waals surface area contributed by atoms with Gasteiger partial charge >= 0.3 is 0 Å². The molecular weight excluding hydrogens is 264 g/mol. The van der Waals surface area contributed by atoms with Gasteiger partial charge in [0.25, 0.3) is 0 Å². The summed E-state index contributed by atoms with van der Waals surface area (Å²) in [5.74, 6) is 0.0616. The van der Waals surface area contributed by atoms with E-state index in [2.05, 4.69) is 36.5 Å². The second kappa shape index (κ2) is 6.85. The Balaban J connectivity index is 2.10. The lowest BCUT2D eigenvalue weighted by molar-refractivity contribution is -0.150. The Bertz CT molecular complexity index is 492. The second-order valence-corrected chi connectivity index (χ2v) is 5.85. The number of hydrogen-bond donors (Lipinski definition) is 1. The Morgan fingerprint density at radius 2 is 1.76 bits per heavy atom. The van der Waals surface area contributed by atoms with Crippen LogP contribution in [0.3, 0.4) is 0 Å². The maximum absolute atomic E-state index is 12.1. The largest absolute Gasteiger partial charge is 0.312 e. The van der Waals surface area contributed by atoms with Crippen molar-refractivity contribution in [2.75, 3.05) is 13.6 Å². The molecule has 4 heteroatoms. The summed E-state index contributed by atoms with van der Waals surface area (Å²) in [6, 6.07) is 8.32. The highest BCUT2D eigenvalue weighted by atomic mass is 16.2. The number of carbonyl (C=O) groups is 2. The standard InChI is InChI=1S/C17H24N2O2/c1-4-13-5-7-14(8-6-13)15(18-3)11-19-16(20)9-12(2)10-17(19)21/h5-8,12,15,18H,4,9-11H2,1-3H3. The monoisotopic (exact) mass is 288 g/mol. The van der Waals surface area contributed by atoms with Crippen LogP contribution in [0.5, 0.6) is 0 Å². The smallest absolute Gasteiger partial charge is 0.229 e. The van der Waals surface area contributed by atoms with E-state index in [0.29, 0.717) is 19.4 Å². The van der Waals surface area contributed by atoms with Crippen LogP contribution in [0.2, 0.25) is 0 Å². The first-order chi connectivity index (χ1) is 10.0. The molecule has 1 aromatic carbocycles. The van der Waals surface area contributed by atoms with Crippen LogP contribution in [-0.4, -0.2) is 30.3 Å². The third kappa shape index (κ3) is 3.70. The molecule has 0 spiro atoms. The van der Waals surface area contributed by atoms with Crippen LogP contribution in [0.1, 0.15) is 43.9 Å². The Labute approximate surface area is 126 Å². The maximum Gasteiger partial charge on any atom is 0.229 e. The Kier molecular flexibility index (Phi) is 5.12. The molecule has 2 amide bonds. The first-order valence-electron chi connectivity index (χ1n) is 7.64. The summed E-state index contributed by atoms with van der Waals surface area (Å²) in [5, 5.41) is 3.21. The van der Waals surface area contributed by atoms with E-state index in [4.69, 9.17) is 0 Å². The van der Waals surface area contributed by atoms with Gasteiger partial charge in [-0.25, -0.2) is 0 Å². The molecule has 21 heavy (non-hydrogen) atoms. The fraction of sp³-hybridized carbons (Fsp3) is 0.529. The molecule has 114 valence electrons. The molecule has 1 fully saturated rings. The molecule has 1 aromatic rings. The van der Waals surface area contributed by atoms with Crippen LogP contribution in [0, 0.1) is 5.92 Å². The van der Waals surface area contributed by atoms with Gasteiger partial charge < -0.3 is 5.32 Å². The van der Waals surface area contributed by atoms with Crippen molar-refractivity contribution in [3.8, 4) is 0 Å². The van der Waals surface area contributed by atoms with Crippen LogP contribution >= 0.6 is 0 Å². The lowest BCUT2D eigenvalue weighted by Crippen LogP contribution is -2.46. The quantitative estimate of drug-likeness (QED) is 0.846. The van der Waals surface area contributed by atoms with Gasteiger partial charge in [-0.2, -0.15) is 0 Å². The summed E-state index contributed by atoms with van der Waals surface area (Å²) in [6.07, 6.45) is 1.94. The van der Waals surface area contributed by atoms with Crippen molar-refractivity contribution in [1.29, 1.82) is 0 Å². The molecular formula is C17H24N2O2. The minimum Gasteiger partial charge on any atom is -0.312 e. The van der Waals surface area contributed by atoms with Gasteiger partial charge in [0.1, 0.15) is 0 Å². The Morgan fingerprint density at radius 3 is 2.24 bits per heavy atom. The summed E-state index contributed by atoms with van der Waals surface area (Å²) < 4.78 is 0. The maximum atomic E-state index is 12.1. The first-order valence-corrected chi connectivity index (χ1v) is 7.64. The molecule has 0 radical (unpaired) electrons. The van der Waals surface area contributed by atoms with Crippen molar-refractivity contribution in [3.05, 3.63) is 35.4 Å². The number of imide groups is 1. The van der Waals surface area contributed by atoms with Crippen LogP contribution < -0.4 is 5.32 Å². The molecule has 1 atom stereocenters. The van der Waals surface area contributed by atoms with E-state index in [1.165, 1.54) is 10.5 Å². The van der Waals surface area contributed by atoms with Crippen molar-refractivity contribution in [2.45, 2.75) is 39.2 Å². The zero-order valence-electron chi connectivity index (χ0n) is 13.1. The van der Waals surface area contributed by atoms with Crippen LogP contribution in [0.15, 0.2) is 24.3 Å². The van der Waals surface area contributed by atoms with Gasteiger partial charge in [0.2, 0.25) is 11.8 Å². The molecule has 1 saturated heterocycles. The number of aryl methyl sites for hydroxylation is 1. The number of likely N-dealkylation sites (N-methyl/N-ethyl adjacent to an activating group) is 1. The number of amides is 2. The van der Waals surface area contributed by atoms with E-state index < -0.39 is 0 Å². The molecule has 0 bridgehead atoms. The molecule has 1 aliphatic rings. The zero-order chi connectivity index (χ0) is 15.4. The third-order valence-corrected chi connectivity index (χ3v) is 4.15. The van der Waals surface area contributed by atoms with Crippen LogP contribution in [0.25, 0.3) is 0 Å². The summed E-state index contributed by atoms with van der Waals surface area (Å²) >= 11 is 0. The number of rotatable bonds is 5. The molecule has 0 aromatic heterocycles. The Morgan fingerprint density at radius 1 is 1.19 bits per heavy atom. The topological polar surface area (TPSA) is 49.4 Å². The number of carbonyl (C=O) groups excluding carboxylic acids is 2. The number of likely N-dealkylation sites (tertiary alicyclic amines) is 1. The second-order valence-electron chi connectivity index (χ2n) is 5.85. The highest BCUT2D eigenvalue weighted by Gasteiger charge is 2.31. The highest BCUT2D eigenvalue weighted by molar-refractivity contribution is 5.97. The van der Waals surface area contributed by atoms with Crippen molar-refractivity contribution in [2.24, 2.45) is 5.92 Å². The minimum absolute atomic E-state index is 0.0165. The Hall–Kier alpha value is -1.68. The third-order valence-electron chi connectivity index (χ3n) is 4.15. The molecule has 1 unspecified atom stereocenters. The van der Waals surface area contributed by atoms with Gasteiger partial charge in [0.05, 0.1) is 6.04 Å². The van der Waals surface area contributed by atoms with Crippen LogP contribution in [0.4, 0.5) is 0 Å². The van der Waals surface area contributed by atoms with Gasteiger partial charge in [-0.05, 0) is 30.5 Å². The molecule has 0 aliphatic carbocycles. The number of nitrogens with one attached hydrogen (secondary N) is 1. The van der Waals surface area contributed by atoms with Crippen molar-refractivity contribution >= 4 is 11.8 Å². The van der Waals surface area contributed by atoms with Crippen molar-refractivity contribution < 1.29 is 9.59 Å². The average Bonchev–Trinajstić information content (AvgIpc) is 2.47. The molecule has 1 N–H and O–H groups in total. The normalized spacial score (nSPS) is 18.1. The molecule has 1 heterocycles. The first kappa shape index (κ1) is 15.7. The van der Waals surface area contributed by atoms with Gasteiger partial charge in [-0.3, -0.25) is 14.5 Å². The fourth-order valence-electron chi connectivity index (χ4n) is 2.76. The fourth-order valence-corrected chi connectivity index (χ4v) is 2.76. The highest BCUT2D eigenvalue weighted by Crippen LogP contribution is 2.22. The van der Waals surface area contributed by atoms with Gasteiger partial charge in [0.15, 0.2) is 0 Å². The number of piperidine rings is 1. The minimum atomic E-state index is -0.0517. The zero-order valence-corrected chi connectivity index (χ0v) is 13.1. The average molecular weight is 288 g/mol. The summed E-state index contributed by atoms with van der Waals surface area (Å²) in [4.78, 5) is 25.6. The molecule has 1 aliphatic heterocycles. The van der Waals surface area contributed by atoms with E-state index in [-0.39, 0.29) is 23.8 Å². The summed E-state index contributed by atoms with van der Waals surface area (Å²) in [7, 11) is 1.86. The summed E-state index contributed by atoms with van der Waals surface area (Å²) in [5.41, 5.74) is 2.39. The number of hydrogen-bond acceptors (Lipinski definition) is 3. The van der Waals surface area contributed by atoms with E-state index in [9.17, 15) is 9.59 Å². The van der Waals surface area contributed by atoms with Gasteiger partial charge in [-0.1, -0.05) is 38.1 Å².